The number of hydrogen-bond donors (Lipinski definition) is 1. The van der Waals surface area contributed by atoms with Gasteiger partial charge in [0.15, 0.2) is 0 Å². The van der Waals surface area contributed by atoms with E-state index >= 15 is 0 Å². The van der Waals surface area contributed by atoms with Gasteiger partial charge in [0.25, 0.3) is 5.91 Å². The number of anilines is 1. The van der Waals surface area contributed by atoms with E-state index in [9.17, 15) is 14.3 Å². The molecule has 0 fully saturated rings. The molecule has 1 aliphatic rings. The summed E-state index contributed by atoms with van der Waals surface area (Å²) >= 11 is 6.24. The lowest BCUT2D eigenvalue weighted by molar-refractivity contribution is 0.0307. The van der Waals surface area contributed by atoms with Gasteiger partial charge in [-0.25, -0.2) is 4.39 Å². The van der Waals surface area contributed by atoms with Crippen molar-refractivity contribution in [3.63, 3.8) is 0 Å². The van der Waals surface area contributed by atoms with E-state index in [1.165, 1.54) is 11.0 Å². The SMILES string of the molecule is O=C1c2cccc3c(Cl)ccc(c23)N1CC(O)COCc1ccccc1F. The Balaban J connectivity index is 1.45. The minimum atomic E-state index is -0.902. The van der Waals surface area contributed by atoms with Crippen molar-refractivity contribution < 1.29 is 19.0 Å². The van der Waals surface area contributed by atoms with E-state index in [2.05, 4.69) is 0 Å². The molecule has 0 saturated carbocycles. The van der Waals surface area contributed by atoms with Crippen LogP contribution in [-0.2, 0) is 11.3 Å². The molecule has 3 aromatic rings. The molecule has 1 amide bonds. The zero-order valence-electron chi connectivity index (χ0n) is 14.4. The average molecular weight is 386 g/mol. The maximum Gasteiger partial charge on any atom is 0.259 e. The number of β-amino-alcohol motifs (C(OH)–C–C–N with tert-alkyl or cyclic N) is 1. The van der Waals surface area contributed by atoms with Crippen molar-refractivity contribution in [3.05, 3.63) is 76.6 Å². The fourth-order valence-electron chi connectivity index (χ4n) is 3.38. The minimum Gasteiger partial charge on any atom is -0.389 e. The third-order valence-electron chi connectivity index (χ3n) is 4.65. The lowest BCUT2D eigenvalue weighted by atomic mass is 10.1. The van der Waals surface area contributed by atoms with Crippen LogP contribution in [0.2, 0.25) is 5.02 Å². The number of hydrogen-bond acceptors (Lipinski definition) is 3. The first-order valence-electron chi connectivity index (χ1n) is 8.58. The predicted molar refractivity (Wildman–Crippen MR) is 103 cm³/mol. The molecule has 1 aliphatic heterocycles. The summed E-state index contributed by atoms with van der Waals surface area (Å²) in [7, 11) is 0. The van der Waals surface area contributed by atoms with E-state index < -0.39 is 6.10 Å². The molecule has 3 aromatic carbocycles. The molecule has 1 N–H and O–H groups in total. The second kappa shape index (κ2) is 7.27. The molecule has 4 rings (SSSR count). The third kappa shape index (κ3) is 3.30. The highest BCUT2D eigenvalue weighted by Crippen LogP contribution is 2.40. The van der Waals surface area contributed by atoms with Gasteiger partial charge >= 0.3 is 0 Å². The third-order valence-corrected chi connectivity index (χ3v) is 4.98. The second-order valence-corrected chi connectivity index (χ2v) is 6.88. The first kappa shape index (κ1) is 17.9. The highest BCUT2D eigenvalue weighted by Gasteiger charge is 2.31. The van der Waals surface area contributed by atoms with Gasteiger partial charge in [-0.2, -0.15) is 0 Å². The zero-order valence-corrected chi connectivity index (χ0v) is 15.1. The molecule has 1 unspecified atom stereocenters. The largest absolute Gasteiger partial charge is 0.389 e. The van der Waals surface area contributed by atoms with E-state index in [1.54, 1.807) is 42.5 Å². The zero-order chi connectivity index (χ0) is 19.0. The topological polar surface area (TPSA) is 49.8 Å². The number of carbonyl (C=O) groups is 1. The Morgan fingerprint density at radius 2 is 1.93 bits per heavy atom. The summed E-state index contributed by atoms with van der Waals surface area (Å²) in [5, 5.41) is 12.5. The van der Waals surface area contributed by atoms with Crippen LogP contribution >= 0.6 is 11.6 Å². The van der Waals surface area contributed by atoms with Crippen LogP contribution in [0, 0.1) is 5.82 Å². The van der Waals surface area contributed by atoms with E-state index in [0.717, 1.165) is 16.5 Å². The normalized spacial score (nSPS) is 14.2. The number of benzene rings is 3. The van der Waals surface area contributed by atoms with Gasteiger partial charge in [0.2, 0.25) is 0 Å². The van der Waals surface area contributed by atoms with E-state index in [-0.39, 0.29) is 31.5 Å². The fraction of sp³-hybridized carbons (Fsp3) is 0.190. The summed E-state index contributed by atoms with van der Waals surface area (Å²) in [6.07, 6.45) is -0.902. The lowest BCUT2D eigenvalue weighted by Crippen LogP contribution is -2.37. The molecule has 6 heteroatoms. The second-order valence-electron chi connectivity index (χ2n) is 6.47. The van der Waals surface area contributed by atoms with Crippen LogP contribution in [0.3, 0.4) is 0 Å². The standard InChI is InChI=1S/C21H17ClFNO3/c22-17-8-9-19-20-15(17)5-3-6-16(20)21(26)24(19)10-14(25)12-27-11-13-4-1-2-7-18(13)23/h1-9,14,25H,10-12H2. The highest BCUT2D eigenvalue weighted by molar-refractivity contribution is 6.38. The van der Waals surface area contributed by atoms with Gasteiger partial charge in [-0.1, -0.05) is 41.9 Å². The smallest absolute Gasteiger partial charge is 0.259 e. The quantitative estimate of drug-likeness (QED) is 0.692. The molecule has 0 radical (unpaired) electrons. The number of ether oxygens (including phenoxy) is 1. The number of aliphatic hydroxyl groups is 1. The Morgan fingerprint density at radius 3 is 2.74 bits per heavy atom. The molecule has 4 nitrogen and oxygen atoms in total. The fourth-order valence-corrected chi connectivity index (χ4v) is 3.60. The molecule has 0 bridgehead atoms. The molecule has 1 heterocycles. The van der Waals surface area contributed by atoms with Crippen LogP contribution in [-0.4, -0.2) is 30.3 Å². The Bertz CT molecular complexity index is 1020. The molecular weight excluding hydrogens is 369 g/mol. The van der Waals surface area contributed by atoms with Gasteiger partial charge in [0, 0.05) is 26.9 Å². The lowest BCUT2D eigenvalue weighted by Gasteiger charge is -2.21. The van der Waals surface area contributed by atoms with Gasteiger partial charge in [-0.05, 0) is 24.3 Å². The predicted octanol–water partition coefficient (Wildman–Crippen LogP) is 4.17. The number of nitrogens with zero attached hydrogens (tertiary/aromatic N) is 1. The summed E-state index contributed by atoms with van der Waals surface area (Å²) in [6.45, 7) is 0.135. The molecule has 0 aromatic heterocycles. The van der Waals surface area contributed by atoms with E-state index in [4.69, 9.17) is 16.3 Å². The average Bonchev–Trinajstić information content (AvgIpc) is 2.93. The van der Waals surface area contributed by atoms with Crippen molar-refractivity contribution in [2.75, 3.05) is 18.1 Å². The first-order chi connectivity index (χ1) is 13.1. The van der Waals surface area contributed by atoms with Crippen molar-refractivity contribution in [2.24, 2.45) is 0 Å². The van der Waals surface area contributed by atoms with Gasteiger partial charge in [0.05, 0.1) is 31.5 Å². The molecule has 27 heavy (non-hydrogen) atoms. The number of aliphatic hydroxyl groups excluding tert-OH is 1. The van der Waals surface area contributed by atoms with Gasteiger partial charge in [-0.3, -0.25) is 4.79 Å². The summed E-state index contributed by atoms with van der Waals surface area (Å²) in [6, 6.07) is 15.3. The number of amides is 1. The number of halogens is 2. The minimum absolute atomic E-state index is 0.00874. The van der Waals surface area contributed by atoms with Gasteiger partial charge in [-0.15, -0.1) is 0 Å². The van der Waals surface area contributed by atoms with Crippen molar-refractivity contribution in [2.45, 2.75) is 12.7 Å². The summed E-state index contributed by atoms with van der Waals surface area (Å²) in [4.78, 5) is 14.3. The molecular formula is C21H17ClFNO3. The van der Waals surface area contributed by atoms with Crippen LogP contribution < -0.4 is 4.90 Å². The van der Waals surface area contributed by atoms with Crippen LogP contribution in [0.4, 0.5) is 10.1 Å². The maximum absolute atomic E-state index is 13.6. The van der Waals surface area contributed by atoms with E-state index in [1.807, 2.05) is 6.07 Å². The summed E-state index contributed by atoms with van der Waals surface area (Å²) < 4.78 is 19.0. The Hall–Kier alpha value is -2.47. The summed E-state index contributed by atoms with van der Waals surface area (Å²) in [5.74, 6) is -0.522. The highest BCUT2D eigenvalue weighted by atomic mass is 35.5. The Labute approximate surface area is 160 Å². The number of carbonyl (C=O) groups excluding carboxylic acids is 1. The van der Waals surface area contributed by atoms with E-state index in [0.29, 0.717) is 16.1 Å². The molecule has 1 atom stereocenters. The number of rotatable bonds is 6. The molecule has 0 spiro atoms. The molecule has 0 saturated heterocycles. The van der Waals surface area contributed by atoms with Crippen LogP contribution in [0.1, 0.15) is 15.9 Å². The monoisotopic (exact) mass is 385 g/mol. The van der Waals surface area contributed by atoms with Crippen LogP contribution in [0.25, 0.3) is 10.8 Å². The molecule has 138 valence electrons. The Kier molecular flexibility index (Phi) is 4.83. The van der Waals surface area contributed by atoms with Crippen molar-refractivity contribution >= 4 is 34.0 Å². The first-order valence-corrected chi connectivity index (χ1v) is 8.96. The summed E-state index contributed by atoms with van der Waals surface area (Å²) in [5.41, 5.74) is 1.72. The van der Waals surface area contributed by atoms with Crippen LogP contribution in [0.5, 0.6) is 0 Å². The maximum atomic E-state index is 13.6. The van der Waals surface area contributed by atoms with Crippen molar-refractivity contribution in [1.29, 1.82) is 0 Å². The van der Waals surface area contributed by atoms with Crippen LogP contribution in [0.15, 0.2) is 54.6 Å². The van der Waals surface area contributed by atoms with Gasteiger partial charge in [0.1, 0.15) is 5.82 Å². The van der Waals surface area contributed by atoms with Gasteiger partial charge < -0.3 is 14.7 Å². The van der Waals surface area contributed by atoms with Crippen molar-refractivity contribution in [1.82, 2.24) is 0 Å². The molecule has 0 aliphatic carbocycles. The Morgan fingerprint density at radius 1 is 1.11 bits per heavy atom. The van der Waals surface area contributed by atoms with Crippen molar-refractivity contribution in [3.8, 4) is 0 Å².